The van der Waals surface area contributed by atoms with Gasteiger partial charge in [-0.25, -0.2) is 23.7 Å². The van der Waals surface area contributed by atoms with Crippen LogP contribution in [0.2, 0.25) is 0 Å². The number of anilines is 1. The first-order chi connectivity index (χ1) is 16.5. The molecule has 0 aliphatic rings. The number of carbonyl (C=O) groups is 2. The minimum Gasteiger partial charge on any atom is -0.465 e. The number of hydrogen-bond donors (Lipinski definition) is 1. The van der Waals surface area contributed by atoms with E-state index in [0.29, 0.717) is 11.3 Å². The summed E-state index contributed by atoms with van der Waals surface area (Å²) in [7, 11) is 1.26. The SMILES string of the molecule is COC(=O)c1ccccc1NC(=O)Cn1nc2c3scc(-c4ccc(C)cc4)c3ncn2c1=O. The molecule has 34 heavy (non-hydrogen) atoms. The number of thiophene rings is 1. The van der Waals surface area contributed by atoms with Crippen molar-refractivity contribution in [1.82, 2.24) is 19.2 Å². The van der Waals surface area contributed by atoms with Crippen LogP contribution >= 0.6 is 11.3 Å². The minimum absolute atomic E-state index is 0.217. The number of aryl methyl sites for hydroxylation is 1. The molecular weight excluding hydrogens is 454 g/mol. The van der Waals surface area contributed by atoms with Gasteiger partial charge in [-0.2, -0.15) is 0 Å². The van der Waals surface area contributed by atoms with E-state index in [9.17, 15) is 14.4 Å². The average molecular weight is 474 g/mol. The van der Waals surface area contributed by atoms with Crippen molar-refractivity contribution in [3.63, 3.8) is 0 Å². The monoisotopic (exact) mass is 473 g/mol. The molecule has 0 fully saturated rings. The van der Waals surface area contributed by atoms with Gasteiger partial charge in [-0.3, -0.25) is 4.79 Å². The van der Waals surface area contributed by atoms with Crippen molar-refractivity contribution in [2.45, 2.75) is 13.5 Å². The van der Waals surface area contributed by atoms with E-state index in [-0.39, 0.29) is 12.1 Å². The Morgan fingerprint density at radius 2 is 1.88 bits per heavy atom. The number of amides is 1. The molecule has 0 saturated heterocycles. The molecule has 3 heterocycles. The standard InChI is InChI=1S/C24H19N5O4S/c1-14-7-9-15(10-8-14)17-12-34-21-20(17)25-13-28-22(21)27-29(24(28)32)11-19(30)26-18-6-4-3-5-16(18)23(31)33-2/h3-10,12-13H,11H2,1-2H3,(H,26,30). The Balaban J connectivity index is 1.47. The Hall–Kier alpha value is -4.31. The predicted molar refractivity (Wildman–Crippen MR) is 129 cm³/mol. The molecule has 0 atom stereocenters. The van der Waals surface area contributed by atoms with Gasteiger partial charge in [0, 0.05) is 10.9 Å². The van der Waals surface area contributed by atoms with E-state index in [1.807, 2.05) is 36.6 Å². The van der Waals surface area contributed by atoms with E-state index >= 15 is 0 Å². The maximum Gasteiger partial charge on any atom is 0.352 e. The summed E-state index contributed by atoms with van der Waals surface area (Å²) < 4.78 is 7.91. The van der Waals surface area contributed by atoms with Crippen molar-refractivity contribution in [2.75, 3.05) is 12.4 Å². The maximum absolute atomic E-state index is 12.9. The molecular formula is C24H19N5O4S. The van der Waals surface area contributed by atoms with E-state index in [0.717, 1.165) is 31.6 Å². The topological polar surface area (TPSA) is 108 Å². The molecule has 0 radical (unpaired) electrons. The summed E-state index contributed by atoms with van der Waals surface area (Å²) in [4.78, 5) is 42.0. The lowest BCUT2D eigenvalue weighted by molar-refractivity contribution is -0.117. The van der Waals surface area contributed by atoms with Gasteiger partial charge >= 0.3 is 11.7 Å². The van der Waals surface area contributed by atoms with Crippen LogP contribution in [0.4, 0.5) is 5.69 Å². The lowest BCUT2D eigenvalue weighted by Gasteiger charge is -2.09. The van der Waals surface area contributed by atoms with Crippen LogP contribution in [0, 0.1) is 6.92 Å². The summed E-state index contributed by atoms with van der Waals surface area (Å²) in [5, 5.41) is 9.04. The van der Waals surface area contributed by atoms with Crippen LogP contribution in [-0.2, 0) is 16.1 Å². The van der Waals surface area contributed by atoms with Gasteiger partial charge in [-0.1, -0.05) is 42.0 Å². The van der Waals surface area contributed by atoms with Crippen LogP contribution in [0.3, 0.4) is 0 Å². The second kappa shape index (κ2) is 8.56. The average Bonchev–Trinajstić information content (AvgIpc) is 3.41. The number of methoxy groups -OCH3 is 1. The minimum atomic E-state index is -0.573. The number of esters is 1. The van der Waals surface area contributed by atoms with Crippen LogP contribution in [0.5, 0.6) is 0 Å². The highest BCUT2D eigenvalue weighted by Gasteiger charge is 2.18. The molecule has 5 aromatic rings. The second-order valence-electron chi connectivity index (χ2n) is 7.66. The van der Waals surface area contributed by atoms with Crippen LogP contribution in [0.1, 0.15) is 15.9 Å². The van der Waals surface area contributed by atoms with Gasteiger partial charge < -0.3 is 10.1 Å². The summed E-state index contributed by atoms with van der Waals surface area (Å²) in [6.07, 6.45) is 1.43. The molecule has 10 heteroatoms. The van der Waals surface area contributed by atoms with Gasteiger partial charge in [-0.15, -0.1) is 16.4 Å². The molecule has 3 aromatic heterocycles. The van der Waals surface area contributed by atoms with E-state index < -0.39 is 17.6 Å². The lowest BCUT2D eigenvalue weighted by atomic mass is 10.1. The summed E-state index contributed by atoms with van der Waals surface area (Å²) in [6.45, 7) is 1.70. The molecule has 9 nitrogen and oxygen atoms in total. The van der Waals surface area contributed by atoms with Crippen LogP contribution in [0.25, 0.3) is 27.0 Å². The number of nitrogens with zero attached hydrogens (tertiary/aromatic N) is 4. The van der Waals surface area contributed by atoms with Crippen LogP contribution in [0.15, 0.2) is 65.0 Å². The van der Waals surface area contributed by atoms with Gasteiger partial charge in [0.2, 0.25) is 5.91 Å². The first-order valence-electron chi connectivity index (χ1n) is 10.4. The molecule has 0 aliphatic carbocycles. The van der Waals surface area contributed by atoms with Gasteiger partial charge in [0.1, 0.15) is 12.9 Å². The largest absolute Gasteiger partial charge is 0.465 e. The van der Waals surface area contributed by atoms with E-state index in [1.165, 1.54) is 29.2 Å². The molecule has 170 valence electrons. The normalized spacial score (nSPS) is 11.1. The fourth-order valence-corrected chi connectivity index (χ4v) is 4.68. The van der Waals surface area contributed by atoms with Crippen LogP contribution < -0.4 is 11.0 Å². The van der Waals surface area contributed by atoms with Gasteiger partial charge in [0.25, 0.3) is 0 Å². The highest BCUT2D eigenvalue weighted by atomic mass is 32.1. The van der Waals surface area contributed by atoms with Gasteiger partial charge in [0.15, 0.2) is 5.65 Å². The molecule has 0 bridgehead atoms. The van der Waals surface area contributed by atoms with E-state index in [2.05, 4.69) is 15.4 Å². The molecule has 0 saturated carbocycles. The summed E-state index contributed by atoms with van der Waals surface area (Å²) in [6, 6.07) is 14.6. The smallest absolute Gasteiger partial charge is 0.352 e. The van der Waals surface area contributed by atoms with Crippen LogP contribution in [-0.4, -0.2) is 38.2 Å². The maximum atomic E-state index is 12.9. The highest BCUT2D eigenvalue weighted by molar-refractivity contribution is 7.18. The highest BCUT2D eigenvalue weighted by Crippen LogP contribution is 2.34. The van der Waals surface area contributed by atoms with Crippen molar-refractivity contribution < 1.29 is 14.3 Å². The molecule has 5 rings (SSSR count). The quantitative estimate of drug-likeness (QED) is 0.392. The third kappa shape index (κ3) is 3.73. The van der Waals surface area contributed by atoms with Crippen molar-refractivity contribution in [3.05, 3.63) is 81.8 Å². The van der Waals surface area contributed by atoms with Gasteiger partial charge in [-0.05, 0) is 24.6 Å². The Bertz CT molecular complexity index is 1610. The number of aromatic nitrogens is 4. The number of nitrogens with one attached hydrogen (secondary N) is 1. The Morgan fingerprint density at radius 1 is 1.12 bits per heavy atom. The summed E-state index contributed by atoms with van der Waals surface area (Å²) in [5.41, 5.74) is 4.36. The Morgan fingerprint density at radius 3 is 2.65 bits per heavy atom. The van der Waals surface area contributed by atoms with Gasteiger partial charge in [0.05, 0.1) is 28.6 Å². The first kappa shape index (κ1) is 21.5. The number of fused-ring (bicyclic) bond motifs is 3. The zero-order chi connectivity index (χ0) is 23.8. The number of hydrogen-bond acceptors (Lipinski definition) is 7. The molecule has 2 aromatic carbocycles. The van der Waals surface area contributed by atoms with Crippen molar-refractivity contribution in [2.24, 2.45) is 0 Å². The number of rotatable bonds is 5. The second-order valence-corrected chi connectivity index (χ2v) is 8.54. The third-order valence-corrected chi connectivity index (χ3v) is 6.37. The zero-order valence-electron chi connectivity index (χ0n) is 18.3. The predicted octanol–water partition coefficient (Wildman–Crippen LogP) is 3.51. The molecule has 0 spiro atoms. The lowest BCUT2D eigenvalue weighted by Crippen LogP contribution is -2.28. The fraction of sp³-hybridized carbons (Fsp3) is 0.125. The third-order valence-electron chi connectivity index (χ3n) is 5.40. The first-order valence-corrected chi connectivity index (χ1v) is 11.2. The summed E-state index contributed by atoms with van der Waals surface area (Å²) >= 11 is 1.44. The van der Waals surface area contributed by atoms with E-state index in [1.54, 1.807) is 24.3 Å². The molecule has 1 amide bonds. The number of benzene rings is 2. The number of ether oxygens (including phenoxy) is 1. The Kier molecular flexibility index (Phi) is 5.42. The molecule has 1 N–H and O–H groups in total. The van der Waals surface area contributed by atoms with Crippen molar-refractivity contribution in [1.29, 1.82) is 0 Å². The molecule has 0 unspecified atom stereocenters. The summed E-state index contributed by atoms with van der Waals surface area (Å²) in [5.74, 6) is -1.08. The number of para-hydroxylation sites is 1. The van der Waals surface area contributed by atoms with E-state index in [4.69, 9.17) is 4.74 Å². The van der Waals surface area contributed by atoms with Crippen molar-refractivity contribution >= 4 is 44.8 Å². The Labute approximate surface area is 197 Å². The fourth-order valence-electron chi connectivity index (χ4n) is 3.68. The number of carbonyl (C=O) groups excluding carboxylic acids is 2. The van der Waals surface area contributed by atoms with Crippen molar-refractivity contribution in [3.8, 4) is 11.1 Å². The molecule has 0 aliphatic heterocycles. The zero-order valence-corrected chi connectivity index (χ0v) is 19.1.